The molecule has 0 aliphatic heterocycles. The number of nitrogens with one attached hydrogen (secondary N) is 2. The molecule has 140 valence electrons. The molecule has 0 fully saturated rings. The third-order valence-electron chi connectivity index (χ3n) is 3.26. The van der Waals surface area contributed by atoms with Crippen molar-refractivity contribution in [2.45, 2.75) is 33.2 Å². The van der Waals surface area contributed by atoms with E-state index in [4.69, 9.17) is 15.2 Å². The van der Waals surface area contributed by atoms with Crippen molar-refractivity contribution in [3.63, 3.8) is 0 Å². The van der Waals surface area contributed by atoms with Crippen LogP contribution in [0.5, 0.6) is 5.75 Å². The number of hydrogen-bond donors (Lipinski definition) is 3. The monoisotopic (exact) mass is 350 g/mol. The average molecular weight is 350 g/mol. The minimum Gasteiger partial charge on any atom is -0.484 e. The maximum atomic E-state index is 10.8. The largest absolute Gasteiger partial charge is 0.484 e. The van der Waals surface area contributed by atoms with Crippen molar-refractivity contribution >= 4 is 11.9 Å². The van der Waals surface area contributed by atoms with E-state index in [9.17, 15) is 4.79 Å². The fourth-order valence-corrected chi connectivity index (χ4v) is 2.08. The molecule has 1 rings (SSSR count). The second kappa shape index (κ2) is 13.1. The first kappa shape index (κ1) is 20.8. The highest BCUT2D eigenvalue weighted by Crippen LogP contribution is 2.13. The molecular weight excluding hydrogens is 320 g/mol. The van der Waals surface area contributed by atoms with Crippen LogP contribution in [0.15, 0.2) is 29.3 Å². The van der Waals surface area contributed by atoms with E-state index in [-0.39, 0.29) is 6.61 Å². The van der Waals surface area contributed by atoms with Crippen LogP contribution in [0, 0.1) is 0 Å². The van der Waals surface area contributed by atoms with E-state index in [1.165, 1.54) is 0 Å². The fourth-order valence-electron chi connectivity index (χ4n) is 2.08. The van der Waals surface area contributed by atoms with Gasteiger partial charge in [0.15, 0.2) is 12.6 Å². The molecule has 0 aliphatic carbocycles. The number of amides is 1. The number of nitrogens with zero attached hydrogens (tertiary/aromatic N) is 1. The Hall–Kier alpha value is -2.28. The second-order valence-electron chi connectivity index (χ2n) is 5.43. The van der Waals surface area contributed by atoms with Gasteiger partial charge in [-0.25, -0.2) is 4.99 Å². The first-order valence-electron chi connectivity index (χ1n) is 8.75. The minimum absolute atomic E-state index is 0.126. The van der Waals surface area contributed by atoms with E-state index in [1.54, 1.807) is 6.07 Å². The summed E-state index contributed by atoms with van der Waals surface area (Å²) in [7, 11) is 0. The van der Waals surface area contributed by atoms with E-state index in [0.29, 0.717) is 12.3 Å². The van der Waals surface area contributed by atoms with Crippen LogP contribution in [0.3, 0.4) is 0 Å². The zero-order valence-electron chi connectivity index (χ0n) is 15.2. The number of ether oxygens (including phenoxy) is 2. The molecule has 0 saturated carbocycles. The molecule has 0 bridgehead atoms. The Morgan fingerprint density at radius 2 is 2.08 bits per heavy atom. The number of primary amides is 1. The van der Waals surface area contributed by atoms with Crippen molar-refractivity contribution in [1.29, 1.82) is 0 Å². The first-order valence-corrected chi connectivity index (χ1v) is 8.75. The predicted octanol–water partition coefficient (Wildman–Crippen LogP) is 1.42. The Balaban J connectivity index is 2.47. The molecule has 0 saturated heterocycles. The van der Waals surface area contributed by atoms with Crippen LogP contribution in [-0.2, 0) is 16.1 Å². The molecular formula is C18H30N4O3. The number of carbonyl (C=O) groups excluding carboxylic acids is 1. The van der Waals surface area contributed by atoms with Crippen molar-refractivity contribution in [3.8, 4) is 5.75 Å². The van der Waals surface area contributed by atoms with Gasteiger partial charge < -0.3 is 25.8 Å². The molecule has 0 radical (unpaired) electrons. The summed E-state index contributed by atoms with van der Waals surface area (Å²) >= 11 is 0. The van der Waals surface area contributed by atoms with Crippen LogP contribution >= 0.6 is 0 Å². The molecule has 25 heavy (non-hydrogen) atoms. The van der Waals surface area contributed by atoms with E-state index >= 15 is 0 Å². The van der Waals surface area contributed by atoms with Gasteiger partial charge in [-0.15, -0.1) is 0 Å². The van der Waals surface area contributed by atoms with E-state index in [1.807, 2.05) is 32.0 Å². The quantitative estimate of drug-likeness (QED) is 0.301. The lowest BCUT2D eigenvalue weighted by Gasteiger charge is -2.11. The van der Waals surface area contributed by atoms with Gasteiger partial charge in [0, 0.05) is 26.3 Å². The summed E-state index contributed by atoms with van der Waals surface area (Å²) in [6.07, 6.45) is 2.06. The number of guanidine groups is 1. The van der Waals surface area contributed by atoms with Gasteiger partial charge >= 0.3 is 0 Å². The first-order chi connectivity index (χ1) is 12.2. The summed E-state index contributed by atoms with van der Waals surface area (Å²) in [5, 5.41) is 6.54. The van der Waals surface area contributed by atoms with Gasteiger partial charge in [0.05, 0.1) is 6.54 Å². The maximum Gasteiger partial charge on any atom is 0.255 e. The van der Waals surface area contributed by atoms with Crippen LogP contribution in [0.25, 0.3) is 0 Å². The molecule has 4 N–H and O–H groups in total. The van der Waals surface area contributed by atoms with Crippen LogP contribution in [0.2, 0.25) is 0 Å². The Kier molecular flexibility index (Phi) is 10.8. The zero-order valence-corrected chi connectivity index (χ0v) is 15.2. The zero-order chi connectivity index (χ0) is 18.3. The molecule has 0 atom stereocenters. The van der Waals surface area contributed by atoms with Gasteiger partial charge in [-0.3, -0.25) is 4.79 Å². The molecule has 7 nitrogen and oxygen atoms in total. The number of hydrogen-bond acceptors (Lipinski definition) is 4. The van der Waals surface area contributed by atoms with Crippen molar-refractivity contribution in [2.24, 2.45) is 10.7 Å². The van der Waals surface area contributed by atoms with Gasteiger partial charge in [-0.2, -0.15) is 0 Å². The Bertz CT molecular complexity index is 535. The van der Waals surface area contributed by atoms with Gasteiger partial charge in [-0.1, -0.05) is 12.1 Å². The van der Waals surface area contributed by atoms with Gasteiger partial charge in [0.1, 0.15) is 5.75 Å². The lowest BCUT2D eigenvalue weighted by Crippen LogP contribution is -2.37. The Morgan fingerprint density at radius 3 is 2.80 bits per heavy atom. The topological polar surface area (TPSA) is 98.0 Å². The van der Waals surface area contributed by atoms with Crippen LogP contribution < -0.4 is 21.1 Å². The number of carbonyl (C=O) groups is 1. The van der Waals surface area contributed by atoms with Crippen LogP contribution in [0.4, 0.5) is 0 Å². The number of nitrogens with two attached hydrogens (primary N) is 1. The van der Waals surface area contributed by atoms with Gasteiger partial charge in [0.25, 0.3) is 5.91 Å². The number of aliphatic imine (C=N–C) groups is 1. The lowest BCUT2D eigenvalue weighted by molar-refractivity contribution is -0.119. The van der Waals surface area contributed by atoms with Crippen LogP contribution in [-0.4, -0.2) is 44.8 Å². The van der Waals surface area contributed by atoms with E-state index in [0.717, 1.165) is 50.7 Å². The van der Waals surface area contributed by atoms with Gasteiger partial charge in [0.2, 0.25) is 0 Å². The fraction of sp³-hybridized carbons (Fsp3) is 0.556. The van der Waals surface area contributed by atoms with Crippen molar-refractivity contribution in [2.75, 3.05) is 32.9 Å². The summed E-state index contributed by atoms with van der Waals surface area (Å²) in [6, 6.07) is 7.48. The lowest BCUT2D eigenvalue weighted by atomic mass is 10.2. The number of unbranched alkanes of at least 4 members (excludes halogenated alkanes) is 1. The van der Waals surface area contributed by atoms with Crippen molar-refractivity contribution in [1.82, 2.24) is 10.6 Å². The van der Waals surface area contributed by atoms with Crippen LogP contribution in [0.1, 0.15) is 32.3 Å². The maximum absolute atomic E-state index is 10.8. The minimum atomic E-state index is -0.494. The number of rotatable bonds is 12. The smallest absolute Gasteiger partial charge is 0.255 e. The van der Waals surface area contributed by atoms with Crippen molar-refractivity contribution in [3.05, 3.63) is 29.8 Å². The highest BCUT2D eigenvalue weighted by Gasteiger charge is 2.01. The molecule has 0 heterocycles. The number of benzene rings is 1. The highest BCUT2D eigenvalue weighted by atomic mass is 16.5. The van der Waals surface area contributed by atoms with E-state index in [2.05, 4.69) is 15.6 Å². The second-order valence-corrected chi connectivity index (χ2v) is 5.43. The average Bonchev–Trinajstić information content (AvgIpc) is 2.61. The highest BCUT2D eigenvalue weighted by molar-refractivity contribution is 5.79. The Morgan fingerprint density at radius 1 is 1.24 bits per heavy atom. The third-order valence-corrected chi connectivity index (χ3v) is 3.26. The summed E-state index contributed by atoms with van der Waals surface area (Å²) in [4.78, 5) is 15.3. The molecule has 1 amide bonds. The molecule has 0 unspecified atom stereocenters. The molecule has 0 spiro atoms. The molecule has 0 aromatic heterocycles. The SMILES string of the molecule is CCNC(=NCc1cccc(OCC(N)=O)c1)NCCCCOCC. The summed E-state index contributed by atoms with van der Waals surface area (Å²) in [5.74, 6) is 0.897. The summed E-state index contributed by atoms with van der Waals surface area (Å²) < 4.78 is 10.6. The summed E-state index contributed by atoms with van der Waals surface area (Å²) in [5.41, 5.74) is 6.08. The standard InChI is InChI=1S/C18H30N4O3/c1-3-20-18(21-10-5-6-11-24-4-2)22-13-15-8-7-9-16(12-15)25-14-17(19)23/h7-9,12H,3-6,10-11,13-14H2,1-2H3,(H2,19,23)(H2,20,21,22). The summed E-state index contributed by atoms with van der Waals surface area (Å²) in [6.45, 7) is 7.63. The Labute approximate surface area is 150 Å². The molecule has 0 aliphatic rings. The predicted molar refractivity (Wildman–Crippen MR) is 99.7 cm³/mol. The van der Waals surface area contributed by atoms with E-state index < -0.39 is 5.91 Å². The molecule has 1 aromatic rings. The van der Waals surface area contributed by atoms with Crippen molar-refractivity contribution < 1.29 is 14.3 Å². The molecule has 1 aromatic carbocycles. The molecule has 7 heteroatoms. The van der Waals surface area contributed by atoms with Gasteiger partial charge in [-0.05, 0) is 44.4 Å². The normalized spacial score (nSPS) is 11.2. The third kappa shape index (κ3) is 10.2.